The first-order chi connectivity index (χ1) is 6.34. The highest BCUT2D eigenvalue weighted by Crippen LogP contribution is 1.92. The molecule has 1 atom stereocenters. The molecular weight excluding hydrogens is 172 g/mol. The summed E-state index contributed by atoms with van der Waals surface area (Å²) in [5.74, 6) is -0.0169. The van der Waals surface area contributed by atoms with Crippen LogP contribution in [-0.2, 0) is 14.3 Å². The van der Waals surface area contributed by atoms with E-state index in [0.717, 1.165) is 6.54 Å². The van der Waals surface area contributed by atoms with Gasteiger partial charge in [-0.15, -0.1) is 0 Å². The SMILES string of the molecule is COCCNC(=O)[C@@H]1COCCN1. The van der Waals surface area contributed by atoms with Crippen molar-refractivity contribution in [3.05, 3.63) is 0 Å². The van der Waals surface area contributed by atoms with Gasteiger partial charge in [0.25, 0.3) is 0 Å². The molecule has 1 saturated heterocycles. The second kappa shape index (κ2) is 5.90. The monoisotopic (exact) mass is 188 g/mol. The van der Waals surface area contributed by atoms with E-state index in [2.05, 4.69) is 10.6 Å². The highest BCUT2D eigenvalue weighted by Gasteiger charge is 2.20. The van der Waals surface area contributed by atoms with E-state index in [9.17, 15) is 4.79 Å². The molecule has 2 N–H and O–H groups in total. The number of hydrogen-bond donors (Lipinski definition) is 2. The molecule has 0 unspecified atom stereocenters. The summed E-state index contributed by atoms with van der Waals surface area (Å²) in [4.78, 5) is 11.4. The zero-order chi connectivity index (χ0) is 9.52. The molecule has 0 spiro atoms. The lowest BCUT2D eigenvalue weighted by Crippen LogP contribution is -2.51. The summed E-state index contributed by atoms with van der Waals surface area (Å²) in [5, 5.41) is 5.81. The first kappa shape index (κ1) is 10.4. The number of hydrogen-bond acceptors (Lipinski definition) is 4. The zero-order valence-corrected chi connectivity index (χ0v) is 7.84. The van der Waals surface area contributed by atoms with Crippen LogP contribution in [0.3, 0.4) is 0 Å². The lowest BCUT2D eigenvalue weighted by molar-refractivity contribution is -0.126. The van der Waals surface area contributed by atoms with Crippen molar-refractivity contribution in [2.45, 2.75) is 6.04 Å². The van der Waals surface area contributed by atoms with E-state index >= 15 is 0 Å². The third-order valence-electron chi connectivity index (χ3n) is 1.84. The van der Waals surface area contributed by atoms with Crippen LogP contribution in [0.5, 0.6) is 0 Å². The molecule has 1 rings (SSSR count). The van der Waals surface area contributed by atoms with Crippen molar-refractivity contribution in [3.8, 4) is 0 Å². The van der Waals surface area contributed by atoms with E-state index in [1.54, 1.807) is 7.11 Å². The van der Waals surface area contributed by atoms with Crippen LogP contribution in [0.15, 0.2) is 0 Å². The number of nitrogens with one attached hydrogen (secondary N) is 2. The lowest BCUT2D eigenvalue weighted by Gasteiger charge is -2.22. The van der Waals surface area contributed by atoms with E-state index in [0.29, 0.717) is 26.4 Å². The van der Waals surface area contributed by atoms with Crippen molar-refractivity contribution >= 4 is 5.91 Å². The second-order valence-electron chi connectivity index (χ2n) is 2.87. The number of methoxy groups -OCH3 is 1. The Labute approximate surface area is 77.8 Å². The van der Waals surface area contributed by atoms with E-state index < -0.39 is 0 Å². The third kappa shape index (κ3) is 3.71. The van der Waals surface area contributed by atoms with Crippen molar-refractivity contribution in [1.82, 2.24) is 10.6 Å². The van der Waals surface area contributed by atoms with Crippen LogP contribution < -0.4 is 10.6 Å². The van der Waals surface area contributed by atoms with Gasteiger partial charge in [0.1, 0.15) is 6.04 Å². The van der Waals surface area contributed by atoms with Crippen molar-refractivity contribution < 1.29 is 14.3 Å². The van der Waals surface area contributed by atoms with Gasteiger partial charge in [-0.25, -0.2) is 0 Å². The van der Waals surface area contributed by atoms with Crippen molar-refractivity contribution in [3.63, 3.8) is 0 Å². The van der Waals surface area contributed by atoms with E-state index in [1.807, 2.05) is 0 Å². The molecule has 1 heterocycles. The summed E-state index contributed by atoms with van der Waals surface area (Å²) in [5.41, 5.74) is 0. The average molecular weight is 188 g/mol. The highest BCUT2D eigenvalue weighted by molar-refractivity contribution is 5.81. The van der Waals surface area contributed by atoms with Gasteiger partial charge in [0.05, 0.1) is 19.8 Å². The number of amides is 1. The van der Waals surface area contributed by atoms with Gasteiger partial charge in [-0.2, -0.15) is 0 Å². The molecule has 1 amide bonds. The molecule has 13 heavy (non-hydrogen) atoms. The average Bonchev–Trinajstić information content (AvgIpc) is 2.19. The number of morpholine rings is 1. The van der Waals surface area contributed by atoms with E-state index in [4.69, 9.17) is 9.47 Å². The summed E-state index contributed by atoms with van der Waals surface area (Å²) in [6, 6.07) is -0.203. The van der Waals surface area contributed by atoms with Gasteiger partial charge in [0.15, 0.2) is 0 Å². The molecular formula is C8H16N2O3. The lowest BCUT2D eigenvalue weighted by atomic mass is 10.2. The smallest absolute Gasteiger partial charge is 0.239 e. The maximum atomic E-state index is 11.4. The third-order valence-corrected chi connectivity index (χ3v) is 1.84. The Balaban J connectivity index is 2.13. The highest BCUT2D eigenvalue weighted by atomic mass is 16.5. The molecule has 0 radical (unpaired) electrons. The molecule has 1 fully saturated rings. The topological polar surface area (TPSA) is 59.6 Å². The number of rotatable bonds is 4. The van der Waals surface area contributed by atoms with Crippen molar-refractivity contribution in [2.24, 2.45) is 0 Å². The molecule has 0 aromatic rings. The predicted octanol–water partition coefficient (Wildman–Crippen LogP) is -1.26. The van der Waals surface area contributed by atoms with Gasteiger partial charge in [-0.1, -0.05) is 0 Å². The Morgan fingerprint density at radius 3 is 3.23 bits per heavy atom. The number of carbonyl (C=O) groups excluding carboxylic acids is 1. The molecule has 0 aromatic carbocycles. The standard InChI is InChI=1S/C8H16N2O3/c1-12-4-2-10-8(11)7-6-13-5-3-9-7/h7,9H,2-6H2,1H3,(H,10,11)/t7-/m0/s1. The van der Waals surface area contributed by atoms with Gasteiger partial charge >= 0.3 is 0 Å². The Kier molecular flexibility index (Phi) is 4.74. The Hall–Kier alpha value is -0.650. The van der Waals surface area contributed by atoms with Crippen LogP contribution in [0.1, 0.15) is 0 Å². The summed E-state index contributed by atoms with van der Waals surface area (Å²) in [6.07, 6.45) is 0. The van der Waals surface area contributed by atoms with Crippen LogP contribution in [0.4, 0.5) is 0 Å². The van der Waals surface area contributed by atoms with Gasteiger partial charge in [-0.3, -0.25) is 4.79 Å². The maximum absolute atomic E-state index is 11.4. The normalized spacial score (nSPS) is 22.7. The largest absolute Gasteiger partial charge is 0.383 e. The molecule has 5 nitrogen and oxygen atoms in total. The predicted molar refractivity (Wildman–Crippen MR) is 47.5 cm³/mol. The van der Waals surface area contributed by atoms with Gasteiger partial charge in [0.2, 0.25) is 5.91 Å². The first-order valence-electron chi connectivity index (χ1n) is 4.42. The first-order valence-corrected chi connectivity index (χ1v) is 4.42. The number of carbonyl (C=O) groups is 1. The Bertz CT molecular complexity index is 157. The second-order valence-corrected chi connectivity index (χ2v) is 2.87. The van der Waals surface area contributed by atoms with Gasteiger partial charge in [-0.05, 0) is 0 Å². The van der Waals surface area contributed by atoms with Gasteiger partial charge < -0.3 is 20.1 Å². The fourth-order valence-corrected chi connectivity index (χ4v) is 1.13. The van der Waals surface area contributed by atoms with Crippen LogP contribution in [0.25, 0.3) is 0 Å². The minimum Gasteiger partial charge on any atom is -0.383 e. The molecule has 5 heteroatoms. The van der Waals surface area contributed by atoms with E-state index in [-0.39, 0.29) is 11.9 Å². The molecule has 0 bridgehead atoms. The molecule has 1 aliphatic rings. The summed E-state index contributed by atoms with van der Waals surface area (Å²) >= 11 is 0. The van der Waals surface area contributed by atoms with Crippen LogP contribution >= 0.6 is 0 Å². The fraction of sp³-hybridized carbons (Fsp3) is 0.875. The number of ether oxygens (including phenoxy) is 2. The molecule has 1 aliphatic heterocycles. The molecule has 0 aliphatic carbocycles. The Morgan fingerprint density at radius 2 is 2.62 bits per heavy atom. The van der Waals surface area contributed by atoms with Gasteiger partial charge in [0, 0.05) is 20.2 Å². The summed E-state index contributed by atoms with van der Waals surface area (Å²) in [7, 11) is 1.61. The van der Waals surface area contributed by atoms with Crippen LogP contribution in [0, 0.1) is 0 Å². The van der Waals surface area contributed by atoms with E-state index in [1.165, 1.54) is 0 Å². The van der Waals surface area contributed by atoms with Crippen LogP contribution in [-0.4, -0.2) is 52.0 Å². The van der Waals surface area contributed by atoms with Crippen LogP contribution in [0.2, 0.25) is 0 Å². The minimum atomic E-state index is -0.203. The molecule has 0 aromatic heterocycles. The molecule has 76 valence electrons. The van der Waals surface area contributed by atoms with Crippen molar-refractivity contribution in [1.29, 1.82) is 0 Å². The molecule has 0 saturated carbocycles. The summed E-state index contributed by atoms with van der Waals surface area (Å²) < 4.78 is 9.97. The fourth-order valence-electron chi connectivity index (χ4n) is 1.13. The maximum Gasteiger partial charge on any atom is 0.239 e. The quantitative estimate of drug-likeness (QED) is 0.540. The summed E-state index contributed by atoms with van der Waals surface area (Å²) in [6.45, 7) is 2.97. The minimum absolute atomic E-state index is 0.0169. The Morgan fingerprint density at radius 1 is 1.77 bits per heavy atom. The zero-order valence-electron chi connectivity index (χ0n) is 7.84. The van der Waals surface area contributed by atoms with Crippen molar-refractivity contribution in [2.75, 3.05) is 40.0 Å².